The lowest BCUT2D eigenvalue weighted by atomic mass is 9.98. The predicted molar refractivity (Wildman–Crippen MR) is 81.3 cm³/mol. The molecule has 0 saturated heterocycles. The number of hydrogen-bond acceptors (Lipinski definition) is 3. The van der Waals surface area contributed by atoms with Gasteiger partial charge in [-0.15, -0.1) is 0 Å². The zero-order valence-electron chi connectivity index (χ0n) is 12.6. The molecule has 0 aliphatic carbocycles. The lowest BCUT2D eigenvalue weighted by molar-refractivity contribution is 0.475. The highest BCUT2D eigenvalue weighted by Crippen LogP contribution is 2.30. The van der Waals surface area contributed by atoms with E-state index in [9.17, 15) is 0 Å². The number of aromatic nitrogens is 3. The molecule has 1 aliphatic heterocycles. The fraction of sp³-hybridized carbons (Fsp3) is 0.500. The van der Waals surface area contributed by atoms with E-state index in [1.807, 2.05) is 0 Å². The van der Waals surface area contributed by atoms with E-state index >= 15 is 0 Å². The Morgan fingerprint density at radius 3 is 2.75 bits per heavy atom. The molecule has 106 valence electrons. The number of anilines is 1. The average molecular weight is 270 g/mol. The van der Waals surface area contributed by atoms with Gasteiger partial charge in [0.2, 0.25) is 5.95 Å². The number of rotatable bonds is 2. The van der Waals surface area contributed by atoms with Crippen LogP contribution in [0.2, 0.25) is 0 Å². The second-order valence-electron chi connectivity index (χ2n) is 5.97. The molecule has 2 aromatic rings. The monoisotopic (exact) mass is 270 g/mol. The minimum atomic E-state index is 0.297. The molecular formula is C16H22N4. The molecule has 0 amide bonds. The van der Waals surface area contributed by atoms with Crippen molar-refractivity contribution in [2.45, 2.75) is 46.1 Å². The van der Waals surface area contributed by atoms with E-state index in [1.165, 1.54) is 16.7 Å². The van der Waals surface area contributed by atoms with Gasteiger partial charge in [-0.2, -0.15) is 10.1 Å². The fourth-order valence-corrected chi connectivity index (χ4v) is 2.64. The van der Waals surface area contributed by atoms with Crippen LogP contribution in [0.4, 0.5) is 5.95 Å². The number of hydrogen-bond donors (Lipinski definition) is 1. The van der Waals surface area contributed by atoms with E-state index in [4.69, 9.17) is 5.10 Å². The van der Waals surface area contributed by atoms with Crippen LogP contribution in [0.15, 0.2) is 18.2 Å². The quantitative estimate of drug-likeness (QED) is 0.909. The van der Waals surface area contributed by atoms with Gasteiger partial charge in [-0.05, 0) is 37.0 Å². The van der Waals surface area contributed by atoms with Crippen molar-refractivity contribution in [3.05, 3.63) is 40.7 Å². The van der Waals surface area contributed by atoms with E-state index in [-0.39, 0.29) is 0 Å². The van der Waals surface area contributed by atoms with Gasteiger partial charge in [0.25, 0.3) is 0 Å². The summed E-state index contributed by atoms with van der Waals surface area (Å²) in [5.74, 6) is 2.18. The van der Waals surface area contributed by atoms with E-state index in [1.54, 1.807) is 0 Å². The number of benzene rings is 1. The summed E-state index contributed by atoms with van der Waals surface area (Å²) in [7, 11) is 0. The van der Waals surface area contributed by atoms with Gasteiger partial charge in [0.1, 0.15) is 0 Å². The van der Waals surface area contributed by atoms with Gasteiger partial charge < -0.3 is 5.32 Å². The first-order chi connectivity index (χ1) is 9.56. The molecule has 4 heteroatoms. The van der Waals surface area contributed by atoms with Crippen molar-refractivity contribution in [3.8, 4) is 0 Å². The molecule has 1 aromatic carbocycles. The minimum Gasteiger partial charge on any atom is -0.354 e. The van der Waals surface area contributed by atoms with Gasteiger partial charge in [0, 0.05) is 12.5 Å². The summed E-state index contributed by atoms with van der Waals surface area (Å²) in [6, 6.07) is 7.00. The standard InChI is InChI=1S/C16H22N4/c1-10(2)15-18-16-17-8-7-14(20(16)19-15)13-6-5-11(3)12(4)9-13/h5-6,9-10,14H,7-8H2,1-4H3,(H,17,18,19). The number of fused-ring (bicyclic) bond motifs is 1. The molecule has 0 fully saturated rings. The Balaban J connectivity index is 2.02. The Morgan fingerprint density at radius 2 is 2.05 bits per heavy atom. The maximum atomic E-state index is 4.70. The largest absolute Gasteiger partial charge is 0.354 e. The molecule has 0 bridgehead atoms. The maximum Gasteiger partial charge on any atom is 0.221 e. The maximum absolute atomic E-state index is 4.70. The van der Waals surface area contributed by atoms with Crippen molar-refractivity contribution in [2.24, 2.45) is 0 Å². The molecule has 1 N–H and O–H groups in total. The van der Waals surface area contributed by atoms with Crippen LogP contribution in [0.5, 0.6) is 0 Å². The second kappa shape index (κ2) is 4.93. The van der Waals surface area contributed by atoms with Crippen LogP contribution in [-0.2, 0) is 0 Å². The van der Waals surface area contributed by atoms with Crippen LogP contribution in [0, 0.1) is 13.8 Å². The highest BCUT2D eigenvalue weighted by Gasteiger charge is 2.25. The SMILES string of the molecule is Cc1ccc(C2CCNc3nc(C(C)C)nn32)cc1C. The van der Waals surface area contributed by atoms with Crippen molar-refractivity contribution in [1.82, 2.24) is 14.8 Å². The summed E-state index contributed by atoms with van der Waals surface area (Å²) in [5, 5.41) is 8.06. The first kappa shape index (κ1) is 13.2. The molecule has 20 heavy (non-hydrogen) atoms. The van der Waals surface area contributed by atoms with Crippen LogP contribution in [-0.4, -0.2) is 21.3 Å². The molecule has 1 unspecified atom stereocenters. The summed E-state index contributed by atoms with van der Waals surface area (Å²) in [6.45, 7) is 9.54. The van der Waals surface area contributed by atoms with Crippen LogP contribution in [0.1, 0.15) is 54.7 Å². The third-order valence-corrected chi connectivity index (χ3v) is 4.08. The van der Waals surface area contributed by atoms with Crippen LogP contribution in [0.3, 0.4) is 0 Å². The predicted octanol–water partition coefficient (Wildman–Crippen LogP) is 3.42. The molecule has 3 rings (SSSR count). The van der Waals surface area contributed by atoms with Gasteiger partial charge in [0.15, 0.2) is 5.82 Å². The molecule has 0 saturated carbocycles. The second-order valence-corrected chi connectivity index (χ2v) is 5.97. The zero-order valence-corrected chi connectivity index (χ0v) is 12.6. The van der Waals surface area contributed by atoms with Crippen molar-refractivity contribution in [3.63, 3.8) is 0 Å². The Kier molecular flexibility index (Phi) is 3.24. The summed E-state index contributed by atoms with van der Waals surface area (Å²) in [4.78, 5) is 4.61. The fourth-order valence-electron chi connectivity index (χ4n) is 2.64. The number of nitrogens with one attached hydrogen (secondary N) is 1. The Morgan fingerprint density at radius 1 is 1.25 bits per heavy atom. The topological polar surface area (TPSA) is 42.7 Å². The molecule has 0 spiro atoms. The number of aryl methyl sites for hydroxylation is 2. The summed E-state index contributed by atoms with van der Waals surface area (Å²) in [6.07, 6.45) is 1.05. The molecule has 1 aliphatic rings. The van der Waals surface area contributed by atoms with Gasteiger partial charge >= 0.3 is 0 Å². The molecule has 1 atom stereocenters. The van der Waals surface area contributed by atoms with E-state index in [0.717, 1.165) is 24.7 Å². The summed E-state index contributed by atoms with van der Waals surface area (Å²) in [5.41, 5.74) is 4.01. The Bertz CT molecular complexity index is 627. The normalized spacial score (nSPS) is 17.9. The first-order valence-corrected chi connectivity index (χ1v) is 7.33. The molecule has 4 nitrogen and oxygen atoms in total. The van der Waals surface area contributed by atoms with E-state index in [2.05, 4.69) is 60.9 Å². The summed E-state index contributed by atoms with van der Waals surface area (Å²) < 4.78 is 2.06. The highest BCUT2D eigenvalue weighted by molar-refractivity contribution is 5.36. The molecular weight excluding hydrogens is 248 g/mol. The van der Waals surface area contributed by atoms with Crippen LogP contribution < -0.4 is 5.32 Å². The van der Waals surface area contributed by atoms with Crippen molar-refractivity contribution in [1.29, 1.82) is 0 Å². The minimum absolute atomic E-state index is 0.297. The molecule has 0 radical (unpaired) electrons. The third kappa shape index (κ3) is 2.19. The molecule has 2 heterocycles. The lowest BCUT2D eigenvalue weighted by Gasteiger charge is -2.25. The van der Waals surface area contributed by atoms with Crippen LogP contribution in [0.25, 0.3) is 0 Å². The zero-order chi connectivity index (χ0) is 14.3. The van der Waals surface area contributed by atoms with Crippen LogP contribution >= 0.6 is 0 Å². The third-order valence-electron chi connectivity index (χ3n) is 4.08. The van der Waals surface area contributed by atoms with Crippen molar-refractivity contribution in [2.75, 3.05) is 11.9 Å². The Labute approximate surface area is 120 Å². The van der Waals surface area contributed by atoms with Gasteiger partial charge in [-0.25, -0.2) is 4.68 Å². The van der Waals surface area contributed by atoms with Gasteiger partial charge in [-0.1, -0.05) is 32.0 Å². The lowest BCUT2D eigenvalue weighted by Crippen LogP contribution is -2.24. The van der Waals surface area contributed by atoms with Gasteiger partial charge in [0.05, 0.1) is 6.04 Å². The van der Waals surface area contributed by atoms with Crippen molar-refractivity contribution >= 4 is 5.95 Å². The van der Waals surface area contributed by atoms with E-state index in [0.29, 0.717) is 12.0 Å². The van der Waals surface area contributed by atoms with E-state index < -0.39 is 0 Å². The smallest absolute Gasteiger partial charge is 0.221 e. The average Bonchev–Trinajstić information content (AvgIpc) is 2.86. The Hall–Kier alpha value is -1.84. The molecule has 1 aromatic heterocycles. The highest BCUT2D eigenvalue weighted by atomic mass is 15.4. The van der Waals surface area contributed by atoms with Crippen molar-refractivity contribution < 1.29 is 0 Å². The summed E-state index contributed by atoms with van der Waals surface area (Å²) >= 11 is 0. The number of nitrogens with zero attached hydrogens (tertiary/aromatic N) is 3. The first-order valence-electron chi connectivity index (χ1n) is 7.33. The van der Waals surface area contributed by atoms with Gasteiger partial charge in [-0.3, -0.25) is 0 Å².